The van der Waals surface area contributed by atoms with E-state index in [0.717, 1.165) is 38.4 Å². The maximum Gasteiger partial charge on any atom is 0.224 e. The molecule has 1 aromatic rings. The second-order valence-corrected chi connectivity index (χ2v) is 6.44. The van der Waals surface area contributed by atoms with Crippen LogP contribution in [0.2, 0.25) is 0 Å². The van der Waals surface area contributed by atoms with E-state index in [2.05, 4.69) is 26.9 Å². The second kappa shape index (κ2) is 4.85. The molecule has 4 nitrogen and oxygen atoms in total. The lowest BCUT2D eigenvalue weighted by Gasteiger charge is -2.25. The van der Waals surface area contributed by atoms with Crippen LogP contribution in [0, 0.1) is 5.92 Å². The van der Waals surface area contributed by atoms with E-state index in [-0.39, 0.29) is 0 Å². The number of fused-ring (bicyclic) bond motifs is 1. The van der Waals surface area contributed by atoms with Crippen molar-refractivity contribution in [3.63, 3.8) is 0 Å². The van der Waals surface area contributed by atoms with Crippen molar-refractivity contribution in [3.8, 4) is 0 Å². The van der Waals surface area contributed by atoms with Crippen molar-refractivity contribution in [2.45, 2.75) is 44.3 Å². The van der Waals surface area contributed by atoms with Gasteiger partial charge in [-0.05, 0) is 42.9 Å². The normalized spacial score (nSPS) is 30.0. The van der Waals surface area contributed by atoms with E-state index in [1.165, 1.54) is 18.4 Å². The maximum absolute atomic E-state index is 12.2. The van der Waals surface area contributed by atoms with Gasteiger partial charge in [-0.15, -0.1) is 0 Å². The molecule has 0 N–H and O–H groups in total. The van der Waals surface area contributed by atoms with Crippen molar-refractivity contribution in [1.29, 1.82) is 0 Å². The smallest absolute Gasteiger partial charge is 0.224 e. The van der Waals surface area contributed by atoms with Gasteiger partial charge in [-0.1, -0.05) is 0 Å². The zero-order valence-electron chi connectivity index (χ0n) is 11.7. The summed E-state index contributed by atoms with van der Waals surface area (Å²) in [6, 6.07) is 5.07. The molecule has 1 aromatic heterocycles. The molecule has 2 aliphatic heterocycles. The third-order valence-electron chi connectivity index (χ3n) is 5.02. The van der Waals surface area contributed by atoms with Crippen LogP contribution in [0.25, 0.3) is 0 Å². The van der Waals surface area contributed by atoms with Crippen LogP contribution in [0.3, 0.4) is 0 Å². The van der Waals surface area contributed by atoms with Gasteiger partial charge in [0.1, 0.15) is 0 Å². The Kier molecular flexibility index (Phi) is 2.99. The number of aromatic nitrogens is 1. The fourth-order valence-corrected chi connectivity index (χ4v) is 3.74. The highest BCUT2D eigenvalue weighted by atomic mass is 16.2. The van der Waals surface area contributed by atoms with Crippen LogP contribution >= 0.6 is 0 Å². The molecule has 0 bridgehead atoms. The lowest BCUT2D eigenvalue weighted by atomic mass is 10.1. The Bertz CT molecular complexity index is 500. The number of carbonyl (C=O) groups excluding carboxylic acids is 1. The van der Waals surface area contributed by atoms with Crippen molar-refractivity contribution < 1.29 is 4.79 Å². The Morgan fingerprint density at radius 1 is 1.15 bits per heavy atom. The van der Waals surface area contributed by atoms with Gasteiger partial charge < -0.3 is 4.90 Å². The molecule has 0 radical (unpaired) electrons. The molecule has 3 heterocycles. The summed E-state index contributed by atoms with van der Waals surface area (Å²) in [5.41, 5.74) is 1.30. The van der Waals surface area contributed by atoms with E-state index in [4.69, 9.17) is 0 Å². The monoisotopic (exact) mass is 271 g/mol. The molecule has 1 saturated carbocycles. The number of hydrogen-bond acceptors (Lipinski definition) is 3. The summed E-state index contributed by atoms with van der Waals surface area (Å²) in [6.07, 6.45) is 8.21. The molecule has 4 rings (SSSR count). The Morgan fingerprint density at radius 3 is 2.70 bits per heavy atom. The van der Waals surface area contributed by atoms with Gasteiger partial charge in [0, 0.05) is 50.5 Å². The Labute approximate surface area is 119 Å². The van der Waals surface area contributed by atoms with Gasteiger partial charge >= 0.3 is 0 Å². The molecule has 0 spiro atoms. The van der Waals surface area contributed by atoms with Crippen LogP contribution in [0.4, 0.5) is 0 Å². The molecule has 1 amide bonds. The average molecular weight is 271 g/mol. The minimum absolute atomic E-state index is 0.381. The molecule has 1 aliphatic carbocycles. The largest absolute Gasteiger partial charge is 0.338 e. The third kappa shape index (κ3) is 2.22. The SMILES string of the molecule is O=C1C[C@@H]2[C@@H](CCN2Cc2ccncc2)N1CC1CC1. The average Bonchev–Trinajstić information content (AvgIpc) is 3.13. The first-order valence-corrected chi connectivity index (χ1v) is 7.73. The molecule has 3 fully saturated rings. The molecular formula is C16H21N3O. The fraction of sp³-hybridized carbons (Fsp3) is 0.625. The number of nitrogens with zero attached hydrogens (tertiary/aromatic N) is 3. The van der Waals surface area contributed by atoms with E-state index < -0.39 is 0 Å². The first-order chi connectivity index (χ1) is 9.81. The van der Waals surface area contributed by atoms with E-state index in [9.17, 15) is 4.79 Å². The zero-order valence-corrected chi connectivity index (χ0v) is 11.7. The molecule has 20 heavy (non-hydrogen) atoms. The first kappa shape index (κ1) is 12.3. The Hall–Kier alpha value is -1.42. The number of carbonyl (C=O) groups is 1. The van der Waals surface area contributed by atoms with Crippen LogP contribution in [-0.2, 0) is 11.3 Å². The summed E-state index contributed by atoms with van der Waals surface area (Å²) in [4.78, 5) is 21.0. The van der Waals surface area contributed by atoms with Gasteiger partial charge in [-0.25, -0.2) is 0 Å². The summed E-state index contributed by atoms with van der Waals surface area (Å²) in [6.45, 7) is 3.09. The summed E-state index contributed by atoms with van der Waals surface area (Å²) in [7, 11) is 0. The lowest BCUT2D eigenvalue weighted by molar-refractivity contribution is -0.129. The van der Waals surface area contributed by atoms with Crippen LogP contribution < -0.4 is 0 Å². The van der Waals surface area contributed by atoms with Gasteiger partial charge in [0.25, 0.3) is 0 Å². The van der Waals surface area contributed by atoms with Crippen LogP contribution in [0.1, 0.15) is 31.2 Å². The van der Waals surface area contributed by atoms with Crippen LogP contribution in [-0.4, -0.2) is 45.9 Å². The maximum atomic E-state index is 12.2. The van der Waals surface area contributed by atoms with Gasteiger partial charge in [0.05, 0.1) is 0 Å². The van der Waals surface area contributed by atoms with Crippen molar-refractivity contribution in [2.75, 3.05) is 13.1 Å². The van der Waals surface area contributed by atoms with Gasteiger partial charge in [-0.2, -0.15) is 0 Å². The number of amides is 1. The second-order valence-electron chi connectivity index (χ2n) is 6.44. The van der Waals surface area contributed by atoms with Crippen molar-refractivity contribution in [1.82, 2.24) is 14.8 Å². The minimum Gasteiger partial charge on any atom is -0.338 e. The van der Waals surface area contributed by atoms with E-state index >= 15 is 0 Å². The molecule has 3 aliphatic rings. The quantitative estimate of drug-likeness (QED) is 0.836. The fourth-order valence-electron chi connectivity index (χ4n) is 3.74. The van der Waals surface area contributed by atoms with E-state index in [1.807, 2.05) is 12.4 Å². The number of pyridine rings is 1. The molecule has 106 valence electrons. The van der Waals surface area contributed by atoms with Crippen LogP contribution in [0.5, 0.6) is 0 Å². The number of hydrogen-bond donors (Lipinski definition) is 0. The summed E-state index contributed by atoms with van der Waals surface area (Å²) in [5, 5.41) is 0. The standard InChI is InChI=1S/C16H21N3O/c20-16-9-15-14(19(16)11-12-1-2-12)5-8-18(15)10-13-3-6-17-7-4-13/h3-4,6-7,12,14-15H,1-2,5,8-11H2/t14-,15-/m1/s1. The Morgan fingerprint density at radius 2 is 1.95 bits per heavy atom. The molecular weight excluding hydrogens is 250 g/mol. The van der Waals surface area contributed by atoms with Gasteiger partial charge in [0.15, 0.2) is 0 Å². The minimum atomic E-state index is 0.381. The first-order valence-electron chi connectivity index (χ1n) is 7.73. The van der Waals surface area contributed by atoms with Crippen molar-refractivity contribution in [3.05, 3.63) is 30.1 Å². The van der Waals surface area contributed by atoms with Crippen molar-refractivity contribution >= 4 is 5.91 Å². The summed E-state index contributed by atoms with van der Waals surface area (Å²) < 4.78 is 0. The van der Waals surface area contributed by atoms with Crippen molar-refractivity contribution in [2.24, 2.45) is 5.92 Å². The molecule has 2 saturated heterocycles. The number of likely N-dealkylation sites (tertiary alicyclic amines) is 2. The topological polar surface area (TPSA) is 36.4 Å². The van der Waals surface area contributed by atoms with Gasteiger partial charge in [-0.3, -0.25) is 14.7 Å². The van der Waals surface area contributed by atoms with Gasteiger partial charge in [0.2, 0.25) is 5.91 Å². The highest BCUT2D eigenvalue weighted by Gasteiger charge is 2.47. The Balaban J connectivity index is 1.45. The lowest BCUT2D eigenvalue weighted by Crippen LogP contribution is -2.38. The predicted molar refractivity (Wildman–Crippen MR) is 75.9 cm³/mol. The highest BCUT2D eigenvalue weighted by molar-refractivity contribution is 5.80. The summed E-state index contributed by atoms with van der Waals surface area (Å²) in [5.74, 6) is 1.18. The van der Waals surface area contributed by atoms with E-state index in [1.54, 1.807) is 0 Å². The molecule has 4 heteroatoms. The third-order valence-corrected chi connectivity index (χ3v) is 5.02. The summed E-state index contributed by atoms with van der Waals surface area (Å²) >= 11 is 0. The highest BCUT2D eigenvalue weighted by Crippen LogP contribution is 2.37. The van der Waals surface area contributed by atoms with E-state index in [0.29, 0.717) is 18.0 Å². The number of rotatable bonds is 4. The molecule has 0 aromatic carbocycles. The molecule has 0 unspecified atom stereocenters. The predicted octanol–water partition coefficient (Wildman–Crippen LogP) is 1.67. The molecule has 2 atom stereocenters. The zero-order chi connectivity index (χ0) is 13.5. The van der Waals surface area contributed by atoms with Crippen LogP contribution in [0.15, 0.2) is 24.5 Å².